The number of halogens is 4. The molecule has 0 radical (unpaired) electrons. The van der Waals surface area contributed by atoms with Crippen LogP contribution in [-0.4, -0.2) is 29.7 Å². The summed E-state index contributed by atoms with van der Waals surface area (Å²) in [5.41, 5.74) is 1.53. The zero-order chi connectivity index (χ0) is 18.6. The van der Waals surface area contributed by atoms with E-state index in [1.165, 1.54) is 7.05 Å². The topological polar surface area (TPSA) is 44.4 Å². The Hall–Kier alpha value is -1.73. The molecule has 0 aromatic heterocycles. The van der Waals surface area contributed by atoms with Gasteiger partial charge in [-0.2, -0.15) is 13.2 Å². The van der Waals surface area contributed by atoms with Gasteiger partial charge in [-0.1, -0.05) is 37.6 Å². The Balaban J connectivity index is 1.97. The molecule has 1 aliphatic heterocycles. The van der Waals surface area contributed by atoms with Crippen LogP contribution in [0.25, 0.3) is 0 Å². The van der Waals surface area contributed by atoms with Crippen LogP contribution < -0.4 is 10.7 Å². The lowest BCUT2D eigenvalue weighted by molar-refractivity contribution is -0.189. The number of rotatable bonds is 2. The summed E-state index contributed by atoms with van der Waals surface area (Å²) in [6.45, 7) is 4.16. The van der Waals surface area contributed by atoms with Crippen molar-refractivity contribution < 1.29 is 18.0 Å². The molecule has 1 aliphatic carbocycles. The van der Waals surface area contributed by atoms with Crippen molar-refractivity contribution in [2.75, 3.05) is 12.4 Å². The number of amides is 1. The Morgan fingerprint density at radius 1 is 1.36 bits per heavy atom. The van der Waals surface area contributed by atoms with Crippen LogP contribution >= 0.6 is 11.6 Å². The predicted octanol–water partition coefficient (Wildman–Crippen LogP) is 3.68. The van der Waals surface area contributed by atoms with Gasteiger partial charge in [0.05, 0.1) is 0 Å². The van der Waals surface area contributed by atoms with Crippen LogP contribution in [0.15, 0.2) is 29.4 Å². The Morgan fingerprint density at radius 3 is 2.60 bits per heavy atom. The van der Waals surface area contributed by atoms with Crippen LogP contribution in [0.5, 0.6) is 0 Å². The first-order valence-electron chi connectivity index (χ1n) is 7.88. The second-order valence-corrected chi connectivity index (χ2v) is 7.50. The number of fused-ring (bicyclic) bond motifs is 1. The zero-order valence-electron chi connectivity index (χ0n) is 14.1. The van der Waals surface area contributed by atoms with Gasteiger partial charge in [0, 0.05) is 12.7 Å². The molecule has 0 saturated heterocycles. The largest absolute Gasteiger partial charge is 0.421 e. The summed E-state index contributed by atoms with van der Waals surface area (Å²) in [5, 5.41) is 3.25. The molecule has 2 aliphatic rings. The van der Waals surface area contributed by atoms with E-state index in [0.717, 1.165) is 22.6 Å². The number of carbonyl (C=O) groups is 1. The molecule has 0 spiro atoms. The van der Waals surface area contributed by atoms with Crippen molar-refractivity contribution >= 4 is 23.2 Å². The summed E-state index contributed by atoms with van der Waals surface area (Å²) < 4.78 is 41.0. The summed E-state index contributed by atoms with van der Waals surface area (Å²) in [6.07, 6.45) is -2.57. The highest BCUT2D eigenvalue weighted by atomic mass is 35.5. The number of hydrogen-bond acceptors (Lipinski definition) is 3. The Morgan fingerprint density at radius 2 is 2.04 bits per heavy atom. The number of carbonyl (C=O) groups excluding carboxylic acids is 1. The first-order chi connectivity index (χ1) is 11.5. The number of hydrogen-bond donors (Lipinski definition) is 2. The number of alkyl halides is 3. The molecule has 25 heavy (non-hydrogen) atoms. The summed E-state index contributed by atoms with van der Waals surface area (Å²) >= 11 is 5.78. The van der Waals surface area contributed by atoms with E-state index < -0.39 is 17.6 Å². The fraction of sp³-hybridized carbons (Fsp3) is 0.471. The van der Waals surface area contributed by atoms with Crippen LogP contribution in [-0.2, 0) is 16.6 Å². The highest BCUT2D eigenvalue weighted by Gasteiger charge is 2.62. The normalized spacial score (nSPS) is 24.9. The van der Waals surface area contributed by atoms with Crippen LogP contribution in [0.3, 0.4) is 0 Å². The smallest absolute Gasteiger partial charge is 0.324 e. The van der Waals surface area contributed by atoms with Crippen molar-refractivity contribution in [1.29, 1.82) is 0 Å². The number of anilines is 1. The van der Waals surface area contributed by atoms with Gasteiger partial charge in [0.25, 0.3) is 5.91 Å². The minimum atomic E-state index is -4.85. The number of hydrazine groups is 1. The van der Waals surface area contributed by atoms with Gasteiger partial charge in [-0.3, -0.25) is 9.80 Å². The SMILES string of the molecule is CN1NC(C(=O)Nc2cccc3c2CCC3(C)C)(C(F)(F)F)C=C1Cl. The molecule has 0 bridgehead atoms. The van der Waals surface area contributed by atoms with Crippen molar-refractivity contribution in [3.05, 3.63) is 40.6 Å². The maximum atomic E-state index is 13.7. The second kappa shape index (κ2) is 5.64. The van der Waals surface area contributed by atoms with Gasteiger partial charge in [-0.25, -0.2) is 5.43 Å². The van der Waals surface area contributed by atoms with Gasteiger partial charge >= 0.3 is 6.18 Å². The summed E-state index contributed by atoms with van der Waals surface area (Å²) in [7, 11) is 1.32. The van der Waals surface area contributed by atoms with E-state index in [1.807, 2.05) is 6.07 Å². The fourth-order valence-corrected chi connectivity index (χ4v) is 3.62. The summed E-state index contributed by atoms with van der Waals surface area (Å²) in [5.74, 6) is -1.21. The lowest BCUT2D eigenvalue weighted by Gasteiger charge is -2.30. The second-order valence-electron chi connectivity index (χ2n) is 7.11. The molecule has 136 valence electrons. The van der Waals surface area contributed by atoms with E-state index in [0.29, 0.717) is 18.2 Å². The Labute approximate surface area is 149 Å². The van der Waals surface area contributed by atoms with Gasteiger partial charge in [0.2, 0.25) is 5.54 Å². The first-order valence-corrected chi connectivity index (χ1v) is 8.26. The van der Waals surface area contributed by atoms with E-state index in [4.69, 9.17) is 11.6 Å². The summed E-state index contributed by atoms with van der Waals surface area (Å²) in [4.78, 5) is 12.6. The minimum Gasteiger partial charge on any atom is -0.324 e. The minimum absolute atomic E-state index is 0.0627. The van der Waals surface area contributed by atoms with Crippen molar-refractivity contribution in [3.63, 3.8) is 0 Å². The molecule has 1 amide bonds. The molecular formula is C17H19ClF3N3O. The number of benzene rings is 1. The molecule has 1 aromatic carbocycles. The third-order valence-corrected chi connectivity index (χ3v) is 5.32. The monoisotopic (exact) mass is 373 g/mol. The highest BCUT2D eigenvalue weighted by molar-refractivity contribution is 6.29. The van der Waals surface area contributed by atoms with E-state index in [9.17, 15) is 18.0 Å². The van der Waals surface area contributed by atoms with Crippen molar-refractivity contribution in [2.24, 2.45) is 0 Å². The maximum absolute atomic E-state index is 13.7. The Bertz CT molecular complexity index is 760. The first kappa shape index (κ1) is 18.1. The van der Waals surface area contributed by atoms with E-state index in [2.05, 4.69) is 24.6 Å². The molecule has 1 unspecified atom stereocenters. The molecule has 2 N–H and O–H groups in total. The van der Waals surface area contributed by atoms with Crippen LogP contribution in [0.4, 0.5) is 18.9 Å². The quantitative estimate of drug-likeness (QED) is 0.777. The third-order valence-electron chi connectivity index (χ3n) is 4.96. The average Bonchev–Trinajstić information content (AvgIpc) is 2.98. The van der Waals surface area contributed by atoms with E-state index in [1.54, 1.807) is 12.1 Å². The molecule has 4 nitrogen and oxygen atoms in total. The lowest BCUT2D eigenvalue weighted by atomic mass is 9.86. The summed E-state index contributed by atoms with van der Waals surface area (Å²) in [6, 6.07) is 5.33. The average molecular weight is 374 g/mol. The molecule has 1 aromatic rings. The predicted molar refractivity (Wildman–Crippen MR) is 90.0 cm³/mol. The van der Waals surface area contributed by atoms with Crippen molar-refractivity contribution in [1.82, 2.24) is 10.4 Å². The van der Waals surface area contributed by atoms with Crippen LogP contribution in [0, 0.1) is 0 Å². The van der Waals surface area contributed by atoms with Gasteiger partial charge in [0.1, 0.15) is 5.16 Å². The molecule has 1 heterocycles. The van der Waals surface area contributed by atoms with Crippen molar-refractivity contribution in [2.45, 2.75) is 43.8 Å². The fourth-order valence-electron chi connectivity index (χ4n) is 3.42. The number of nitrogens with one attached hydrogen (secondary N) is 2. The van der Waals surface area contributed by atoms with Gasteiger partial charge < -0.3 is 5.32 Å². The van der Waals surface area contributed by atoms with Gasteiger partial charge in [-0.05, 0) is 41.5 Å². The van der Waals surface area contributed by atoms with E-state index >= 15 is 0 Å². The Kier molecular flexibility index (Phi) is 4.08. The number of nitrogens with zero attached hydrogens (tertiary/aromatic N) is 1. The van der Waals surface area contributed by atoms with Crippen LogP contribution in [0.1, 0.15) is 31.4 Å². The molecule has 8 heteroatoms. The zero-order valence-corrected chi connectivity index (χ0v) is 14.8. The standard InChI is InChI=1S/C17H19ClF3N3O/c1-15(2)8-7-10-11(15)5-4-6-12(10)22-14(25)16(17(19,20)21)9-13(18)24(3)23-16/h4-6,9,23H,7-8H2,1-3H3,(H,22,25). The van der Waals surface area contributed by atoms with Gasteiger partial charge in [0.15, 0.2) is 0 Å². The molecular weight excluding hydrogens is 355 g/mol. The maximum Gasteiger partial charge on any atom is 0.421 e. The molecule has 0 fully saturated rings. The lowest BCUT2D eigenvalue weighted by Crippen LogP contribution is -2.63. The third kappa shape index (κ3) is 2.79. The van der Waals surface area contributed by atoms with E-state index in [-0.39, 0.29) is 10.6 Å². The highest BCUT2D eigenvalue weighted by Crippen LogP contribution is 2.43. The van der Waals surface area contributed by atoms with Crippen LogP contribution in [0.2, 0.25) is 0 Å². The molecule has 0 saturated carbocycles. The van der Waals surface area contributed by atoms with Gasteiger partial charge in [-0.15, -0.1) is 0 Å². The molecule has 3 rings (SSSR count). The van der Waals surface area contributed by atoms with Crippen molar-refractivity contribution in [3.8, 4) is 0 Å². The molecule has 1 atom stereocenters.